The van der Waals surface area contributed by atoms with Crippen LogP contribution in [0.5, 0.6) is 11.5 Å². The average molecular weight is 258 g/mol. The van der Waals surface area contributed by atoms with Gasteiger partial charge in [-0.25, -0.2) is 9.78 Å². The number of nitrogen functional groups attached to an aromatic ring is 1. The minimum atomic E-state index is -0.501. The van der Waals surface area contributed by atoms with Gasteiger partial charge in [-0.2, -0.15) is 0 Å². The zero-order valence-electron chi connectivity index (χ0n) is 10.7. The van der Waals surface area contributed by atoms with E-state index in [4.69, 9.17) is 10.5 Å². The SMILES string of the molecule is COC(=O)c1cc(Oc2ccc(N)c(C)c2)ccn1. The van der Waals surface area contributed by atoms with Crippen molar-refractivity contribution in [1.29, 1.82) is 0 Å². The molecule has 0 unspecified atom stereocenters. The van der Waals surface area contributed by atoms with Gasteiger partial charge in [-0.3, -0.25) is 0 Å². The highest BCUT2D eigenvalue weighted by molar-refractivity contribution is 5.87. The molecule has 0 spiro atoms. The van der Waals surface area contributed by atoms with Gasteiger partial charge in [0.15, 0.2) is 5.69 Å². The molecule has 2 aromatic rings. The van der Waals surface area contributed by atoms with E-state index < -0.39 is 5.97 Å². The third kappa shape index (κ3) is 3.01. The fraction of sp³-hybridized carbons (Fsp3) is 0.143. The van der Waals surface area contributed by atoms with Gasteiger partial charge < -0.3 is 15.2 Å². The quantitative estimate of drug-likeness (QED) is 0.676. The number of hydrogen-bond acceptors (Lipinski definition) is 5. The van der Waals surface area contributed by atoms with Gasteiger partial charge in [0.2, 0.25) is 0 Å². The van der Waals surface area contributed by atoms with Gasteiger partial charge in [0, 0.05) is 18.0 Å². The molecule has 98 valence electrons. The lowest BCUT2D eigenvalue weighted by Crippen LogP contribution is -2.03. The van der Waals surface area contributed by atoms with E-state index in [0.29, 0.717) is 17.2 Å². The van der Waals surface area contributed by atoms with Crippen molar-refractivity contribution in [2.45, 2.75) is 6.92 Å². The van der Waals surface area contributed by atoms with Crippen molar-refractivity contribution in [3.05, 3.63) is 47.8 Å². The Balaban J connectivity index is 2.23. The minimum absolute atomic E-state index is 0.201. The molecule has 0 amide bonds. The van der Waals surface area contributed by atoms with E-state index >= 15 is 0 Å². The summed E-state index contributed by atoms with van der Waals surface area (Å²) in [7, 11) is 1.31. The Bertz CT molecular complexity index is 611. The van der Waals surface area contributed by atoms with Crippen molar-refractivity contribution in [3.63, 3.8) is 0 Å². The summed E-state index contributed by atoms with van der Waals surface area (Å²) in [5.41, 5.74) is 7.57. The average Bonchev–Trinajstić information content (AvgIpc) is 2.42. The van der Waals surface area contributed by atoms with E-state index in [2.05, 4.69) is 9.72 Å². The first-order valence-corrected chi connectivity index (χ1v) is 5.68. The number of aromatic nitrogens is 1. The monoisotopic (exact) mass is 258 g/mol. The van der Waals surface area contributed by atoms with Gasteiger partial charge in [0.1, 0.15) is 11.5 Å². The van der Waals surface area contributed by atoms with Gasteiger partial charge in [0.25, 0.3) is 0 Å². The Hall–Kier alpha value is -2.56. The predicted molar refractivity (Wildman–Crippen MR) is 71.2 cm³/mol. The van der Waals surface area contributed by atoms with Crippen molar-refractivity contribution in [3.8, 4) is 11.5 Å². The van der Waals surface area contributed by atoms with Gasteiger partial charge in [0.05, 0.1) is 7.11 Å². The van der Waals surface area contributed by atoms with Crippen LogP contribution in [0.1, 0.15) is 16.1 Å². The van der Waals surface area contributed by atoms with Crippen molar-refractivity contribution in [2.75, 3.05) is 12.8 Å². The zero-order valence-corrected chi connectivity index (χ0v) is 10.7. The van der Waals surface area contributed by atoms with Crippen molar-refractivity contribution in [1.82, 2.24) is 4.98 Å². The number of pyridine rings is 1. The third-order valence-corrected chi connectivity index (χ3v) is 2.60. The maximum atomic E-state index is 11.4. The Kier molecular flexibility index (Phi) is 3.66. The number of nitrogens with two attached hydrogens (primary N) is 1. The molecular weight excluding hydrogens is 244 g/mol. The van der Waals surface area contributed by atoms with E-state index in [1.807, 2.05) is 13.0 Å². The molecule has 2 rings (SSSR count). The van der Waals surface area contributed by atoms with Crippen LogP contribution in [0.2, 0.25) is 0 Å². The summed E-state index contributed by atoms with van der Waals surface area (Å²) >= 11 is 0. The van der Waals surface area contributed by atoms with Crippen LogP contribution in [-0.2, 0) is 4.74 Å². The summed E-state index contributed by atoms with van der Waals surface area (Å²) in [6, 6.07) is 8.55. The molecule has 0 fully saturated rings. The van der Waals surface area contributed by atoms with Crippen LogP contribution in [-0.4, -0.2) is 18.1 Å². The largest absolute Gasteiger partial charge is 0.464 e. The Morgan fingerprint density at radius 2 is 1.95 bits per heavy atom. The zero-order chi connectivity index (χ0) is 13.8. The highest BCUT2D eigenvalue weighted by atomic mass is 16.5. The number of rotatable bonds is 3. The van der Waals surface area contributed by atoms with Crippen LogP contribution >= 0.6 is 0 Å². The lowest BCUT2D eigenvalue weighted by atomic mass is 10.2. The molecule has 0 saturated carbocycles. The fourth-order valence-corrected chi connectivity index (χ4v) is 1.54. The molecule has 0 bridgehead atoms. The van der Waals surface area contributed by atoms with E-state index in [1.165, 1.54) is 19.4 Å². The number of carbonyl (C=O) groups excluding carboxylic acids is 1. The van der Waals surface area contributed by atoms with Crippen LogP contribution in [0.25, 0.3) is 0 Å². The number of methoxy groups -OCH3 is 1. The van der Waals surface area contributed by atoms with Crippen LogP contribution in [0.15, 0.2) is 36.5 Å². The number of ether oxygens (including phenoxy) is 2. The second kappa shape index (κ2) is 5.39. The molecule has 0 radical (unpaired) electrons. The molecule has 1 aromatic carbocycles. The second-order valence-electron chi connectivity index (χ2n) is 3.99. The normalized spacial score (nSPS) is 10.0. The third-order valence-electron chi connectivity index (χ3n) is 2.60. The Morgan fingerprint density at radius 1 is 1.21 bits per heavy atom. The van der Waals surface area contributed by atoms with Crippen molar-refractivity contribution in [2.24, 2.45) is 0 Å². The first-order chi connectivity index (χ1) is 9.10. The summed E-state index contributed by atoms with van der Waals surface area (Å²) in [5, 5.41) is 0. The predicted octanol–water partition coefficient (Wildman–Crippen LogP) is 2.55. The summed E-state index contributed by atoms with van der Waals surface area (Å²) in [5.74, 6) is 0.659. The summed E-state index contributed by atoms with van der Waals surface area (Å²) in [6.45, 7) is 1.90. The number of nitrogens with zero attached hydrogens (tertiary/aromatic N) is 1. The van der Waals surface area contributed by atoms with Crippen LogP contribution in [0, 0.1) is 6.92 Å². The molecule has 5 nitrogen and oxygen atoms in total. The molecule has 19 heavy (non-hydrogen) atoms. The molecule has 0 aliphatic heterocycles. The molecule has 2 N–H and O–H groups in total. The number of esters is 1. The number of anilines is 1. The summed E-state index contributed by atoms with van der Waals surface area (Å²) in [4.78, 5) is 15.3. The Morgan fingerprint density at radius 3 is 2.63 bits per heavy atom. The van der Waals surface area contributed by atoms with Crippen LogP contribution in [0.3, 0.4) is 0 Å². The highest BCUT2D eigenvalue weighted by Gasteiger charge is 2.08. The standard InChI is InChI=1S/C14H14N2O3/c1-9-7-10(3-4-12(9)15)19-11-5-6-16-13(8-11)14(17)18-2/h3-8H,15H2,1-2H3. The molecule has 1 heterocycles. The van der Waals surface area contributed by atoms with E-state index in [0.717, 1.165) is 5.56 Å². The number of aryl methyl sites for hydroxylation is 1. The van der Waals surface area contributed by atoms with Gasteiger partial charge >= 0.3 is 5.97 Å². The molecule has 1 aromatic heterocycles. The van der Waals surface area contributed by atoms with Crippen LogP contribution < -0.4 is 10.5 Å². The topological polar surface area (TPSA) is 74.4 Å². The summed E-state index contributed by atoms with van der Waals surface area (Å²) < 4.78 is 10.2. The van der Waals surface area contributed by atoms with Gasteiger partial charge in [-0.15, -0.1) is 0 Å². The number of hydrogen-bond donors (Lipinski definition) is 1. The van der Waals surface area contributed by atoms with E-state index in [9.17, 15) is 4.79 Å². The van der Waals surface area contributed by atoms with Gasteiger partial charge in [-0.05, 0) is 36.8 Å². The first kappa shape index (κ1) is 12.9. The molecule has 0 aliphatic rings. The lowest BCUT2D eigenvalue weighted by Gasteiger charge is -2.08. The lowest BCUT2D eigenvalue weighted by molar-refractivity contribution is 0.0593. The van der Waals surface area contributed by atoms with Crippen molar-refractivity contribution < 1.29 is 14.3 Å². The first-order valence-electron chi connectivity index (χ1n) is 5.68. The van der Waals surface area contributed by atoms with Gasteiger partial charge in [-0.1, -0.05) is 0 Å². The van der Waals surface area contributed by atoms with Crippen LogP contribution in [0.4, 0.5) is 5.69 Å². The molecule has 5 heteroatoms. The number of carbonyl (C=O) groups is 1. The molecular formula is C14H14N2O3. The Labute approximate surface area is 111 Å². The molecule has 0 atom stereocenters. The maximum absolute atomic E-state index is 11.4. The van der Waals surface area contributed by atoms with E-state index in [1.54, 1.807) is 18.2 Å². The van der Waals surface area contributed by atoms with E-state index in [-0.39, 0.29) is 5.69 Å². The molecule has 0 saturated heterocycles. The highest BCUT2D eigenvalue weighted by Crippen LogP contribution is 2.24. The number of benzene rings is 1. The smallest absolute Gasteiger partial charge is 0.356 e. The van der Waals surface area contributed by atoms with Crippen molar-refractivity contribution >= 4 is 11.7 Å². The minimum Gasteiger partial charge on any atom is -0.464 e. The summed E-state index contributed by atoms with van der Waals surface area (Å²) in [6.07, 6.45) is 1.49. The maximum Gasteiger partial charge on any atom is 0.356 e. The fourth-order valence-electron chi connectivity index (χ4n) is 1.54. The molecule has 0 aliphatic carbocycles. The second-order valence-corrected chi connectivity index (χ2v) is 3.99.